The molecule has 0 fully saturated rings. The summed E-state index contributed by atoms with van der Waals surface area (Å²) in [5, 5.41) is 0. The van der Waals surface area contributed by atoms with Gasteiger partial charge >= 0.3 is 0 Å². The lowest BCUT2D eigenvalue weighted by Crippen LogP contribution is -2.31. The van der Waals surface area contributed by atoms with E-state index in [-0.39, 0.29) is 5.52 Å². The van der Waals surface area contributed by atoms with Gasteiger partial charge < -0.3 is 4.52 Å². The highest BCUT2D eigenvalue weighted by molar-refractivity contribution is 9.40. The summed E-state index contributed by atoms with van der Waals surface area (Å²) in [5.41, 5.74) is 2.33. The lowest BCUT2D eigenvalue weighted by atomic mass is 9.80. The third-order valence-electron chi connectivity index (χ3n) is 5.95. The Hall–Kier alpha value is -1.80. The van der Waals surface area contributed by atoms with E-state index in [4.69, 9.17) is 4.52 Å². The van der Waals surface area contributed by atoms with Gasteiger partial charge in [0.25, 0.3) is 0 Å². The van der Waals surface area contributed by atoms with Crippen LogP contribution >= 0.6 is 22.3 Å². The van der Waals surface area contributed by atoms with E-state index in [1.807, 2.05) is 54.6 Å². The van der Waals surface area contributed by atoms with Gasteiger partial charge in [0.1, 0.15) is 5.60 Å². The lowest BCUT2D eigenvalue weighted by molar-refractivity contribution is -0.112. The molecule has 1 atom stereocenters. The van der Waals surface area contributed by atoms with Crippen LogP contribution in [0.1, 0.15) is 75.0 Å². The molecule has 0 N–H and O–H groups in total. The first-order valence-electron chi connectivity index (χ1n) is 12.0. The molecule has 0 bridgehead atoms. The van der Waals surface area contributed by atoms with E-state index in [9.17, 15) is 4.79 Å². The minimum Gasteiger partial charge on any atom is -0.320 e. The molecule has 3 aromatic carbocycles. The normalized spacial score (nSPS) is 12.4. The number of hydrogen-bond acceptors (Lipinski definition) is 2. The summed E-state index contributed by atoms with van der Waals surface area (Å²) >= 11 is 3.67. The van der Waals surface area contributed by atoms with Crippen LogP contribution in [0.5, 0.6) is 0 Å². The molecule has 33 heavy (non-hydrogen) atoms. The summed E-state index contributed by atoms with van der Waals surface area (Å²) in [4.78, 5) is 13.1. The molecule has 0 saturated heterocycles. The Morgan fingerprint density at radius 3 is 1.52 bits per heavy atom. The van der Waals surface area contributed by atoms with Crippen LogP contribution in [0.15, 0.2) is 91.0 Å². The van der Waals surface area contributed by atoms with Crippen molar-refractivity contribution < 1.29 is 9.32 Å². The maximum atomic E-state index is 13.1. The highest BCUT2D eigenvalue weighted by Crippen LogP contribution is 2.57. The second-order valence-corrected chi connectivity index (χ2v) is 11.5. The minimum atomic E-state index is -1.46. The average Bonchev–Trinajstić information content (AvgIpc) is 2.88. The van der Waals surface area contributed by atoms with Crippen LogP contribution in [0.3, 0.4) is 0 Å². The Morgan fingerprint density at radius 2 is 1.09 bits per heavy atom. The maximum Gasteiger partial charge on any atom is 0.193 e. The fraction of sp³-hybridized carbons (Fsp3) is 0.345. The second-order valence-electron chi connectivity index (χ2n) is 8.38. The first-order chi connectivity index (χ1) is 16.2. The average molecular weight is 525 g/mol. The Labute approximate surface area is 208 Å². The summed E-state index contributed by atoms with van der Waals surface area (Å²) < 4.78 is 6.80. The van der Waals surface area contributed by atoms with Crippen molar-refractivity contribution >= 4 is 27.9 Å². The zero-order chi connectivity index (χ0) is 23.4. The molecule has 1 unspecified atom stereocenters. The molecule has 0 saturated carbocycles. The van der Waals surface area contributed by atoms with Gasteiger partial charge in [0.15, 0.2) is 12.4 Å². The molecule has 0 aliphatic heterocycles. The molecule has 3 rings (SSSR count). The number of halogens is 1. The third kappa shape index (κ3) is 7.09. The molecule has 2 nitrogen and oxygen atoms in total. The van der Waals surface area contributed by atoms with Crippen molar-refractivity contribution in [1.29, 1.82) is 0 Å². The van der Waals surface area contributed by atoms with Crippen LogP contribution in [0.4, 0.5) is 0 Å². The van der Waals surface area contributed by atoms with Gasteiger partial charge in [-0.15, -0.1) is 0 Å². The van der Waals surface area contributed by atoms with Crippen LogP contribution in [0, 0.1) is 0 Å². The molecule has 0 heterocycles. The van der Waals surface area contributed by atoms with Crippen molar-refractivity contribution in [3.63, 3.8) is 0 Å². The number of carbonyl (C=O) groups is 1. The predicted octanol–water partition coefficient (Wildman–Crippen LogP) is 9.37. The molecule has 0 amide bonds. The zero-order valence-electron chi connectivity index (χ0n) is 19.5. The lowest BCUT2D eigenvalue weighted by Gasteiger charge is -2.36. The summed E-state index contributed by atoms with van der Waals surface area (Å²) in [7, 11) is 0. The van der Waals surface area contributed by atoms with Crippen molar-refractivity contribution in [2.24, 2.45) is 0 Å². The molecule has 0 aliphatic rings. The Kier molecular flexibility index (Phi) is 10.8. The van der Waals surface area contributed by atoms with Gasteiger partial charge in [0, 0.05) is 6.42 Å². The summed E-state index contributed by atoms with van der Waals surface area (Å²) in [6.07, 6.45) is 8.92. The minimum absolute atomic E-state index is 0.158. The summed E-state index contributed by atoms with van der Waals surface area (Å²) in [6, 6.07) is 30.6. The smallest absolute Gasteiger partial charge is 0.193 e. The summed E-state index contributed by atoms with van der Waals surface area (Å²) in [5.74, 6) is 0. The quantitative estimate of drug-likeness (QED) is 0.119. The number of unbranched alkanes of at least 4 members (excludes halogenated alkanes) is 6. The third-order valence-corrected chi connectivity index (χ3v) is 8.62. The molecule has 174 valence electrons. The molecular weight excluding hydrogens is 491 g/mol. The van der Waals surface area contributed by atoms with Crippen LogP contribution in [0.25, 0.3) is 0 Å². The maximum absolute atomic E-state index is 13.1. The Bertz CT molecular complexity index is 850. The van der Waals surface area contributed by atoms with Crippen molar-refractivity contribution in [1.82, 2.24) is 0 Å². The first-order valence-corrected chi connectivity index (χ1v) is 15.3. The van der Waals surface area contributed by atoms with Gasteiger partial charge in [-0.25, -0.2) is 0 Å². The van der Waals surface area contributed by atoms with Crippen LogP contribution < -0.4 is 0 Å². The molecule has 0 aliphatic carbocycles. The van der Waals surface area contributed by atoms with Crippen molar-refractivity contribution in [2.45, 2.75) is 63.9 Å². The van der Waals surface area contributed by atoms with E-state index in [2.05, 4.69) is 58.8 Å². The molecule has 0 spiro atoms. The first kappa shape index (κ1) is 25.8. The van der Waals surface area contributed by atoms with E-state index in [1.165, 1.54) is 32.1 Å². The predicted molar refractivity (Wildman–Crippen MR) is 144 cm³/mol. The SMILES string of the molecule is CCCCCCCCCC(=O)P(Br)OC(c1ccccc1)(c1ccccc1)c1ccccc1. The zero-order valence-corrected chi connectivity index (χ0v) is 21.9. The summed E-state index contributed by atoms with van der Waals surface area (Å²) in [6.45, 7) is 0.776. The topological polar surface area (TPSA) is 26.3 Å². The standard InChI is InChI=1S/C29H34BrO2P/c1-2-3-4-5-6-7-17-24-28(31)33(30)32-29(25-18-11-8-12-19-25,26-20-13-9-14-21-26)27-22-15-10-16-23-27/h8-16,18-23H,2-7,17,24H2,1H3. The second kappa shape index (κ2) is 13.8. The fourth-order valence-corrected chi connectivity index (χ4v) is 6.34. The van der Waals surface area contributed by atoms with Gasteiger partial charge in [-0.1, -0.05) is 136 Å². The van der Waals surface area contributed by atoms with Gasteiger partial charge in [-0.05, 0) is 38.6 Å². The Morgan fingerprint density at radius 1 is 0.697 bits per heavy atom. The number of carbonyl (C=O) groups excluding carboxylic acids is 1. The van der Waals surface area contributed by atoms with Gasteiger partial charge in [-0.2, -0.15) is 0 Å². The molecule has 0 aromatic heterocycles. The monoisotopic (exact) mass is 524 g/mol. The van der Waals surface area contributed by atoms with Crippen molar-refractivity contribution in [3.05, 3.63) is 108 Å². The van der Waals surface area contributed by atoms with Crippen LogP contribution in [0.2, 0.25) is 0 Å². The van der Waals surface area contributed by atoms with Gasteiger partial charge in [-0.3, -0.25) is 4.79 Å². The molecular formula is C29H34BrO2P. The molecule has 4 heteroatoms. The van der Waals surface area contributed by atoms with E-state index in [0.29, 0.717) is 6.42 Å². The van der Waals surface area contributed by atoms with Crippen LogP contribution in [-0.4, -0.2) is 5.52 Å². The van der Waals surface area contributed by atoms with E-state index >= 15 is 0 Å². The van der Waals surface area contributed by atoms with Crippen LogP contribution in [-0.2, 0) is 14.9 Å². The number of hydrogen-bond donors (Lipinski definition) is 0. The largest absolute Gasteiger partial charge is 0.320 e. The highest BCUT2D eigenvalue weighted by Gasteiger charge is 2.41. The van der Waals surface area contributed by atoms with Crippen molar-refractivity contribution in [2.75, 3.05) is 0 Å². The fourth-order valence-electron chi connectivity index (χ4n) is 4.17. The van der Waals surface area contributed by atoms with E-state index in [0.717, 1.165) is 29.5 Å². The van der Waals surface area contributed by atoms with Gasteiger partial charge in [0.05, 0.1) is 0 Å². The van der Waals surface area contributed by atoms with E-state index in [1.54, 1.807) is 0 Å². The van der Waals surface area contributed by atoms with Gasteiger partial charge in [0.2, 0.25) is 0 Å². The molecule has 3 aromatic rings. The number of benzene rings is 3. The Balaban J connectivity index is 1.82. The highest BCUT2D eigenvalue weighted by atomic mass is 79.9. The van der Waals surface area contributed by atoms with E-state index < -0.39 is 12.5 Å². The molecule has 0 radical (unpaired) electrons. The number of rotatable bonds is 14. The van der Waals surface area contributed by atoms with Crippen molar-refractivity contribution in [3.8, 4) is 0 Å².